The van der Waals surface area contributed by atoms with Gasteiger partial charge in [0.15, 0.2) is 0 Å². The number of hydrogen-bond acceptors (Lipinski definition) is 2. The molecular weight excluding hydrogens is 202 g/mol. The number of aromatic hydroxyl groups is 1. The van der Waals surface area contributed by atoms with Crippen LogP contribution in [0.25, 0.3) is 0 Å². The SMILES string of the molecule is Cc1cc(O)ccc1C(=O)N(C)C1CCC1. The molecule has 1 saturated carbocycles. The van der Waals surface area contributed by atoms with E-state index in [9.17, 15) is 9.90 Å². The molecule has 1 aromatic rings. The molecule has 3 heteroatoms. The predicted molar refractivity (Wildman–Crippen MR) is 62.6 cm³/mol. The number of hydrogen-bond donors (Lipinski definition) is 1. The number of rotatable bonds is 2. The van der Waals surface area contributed by atoms with Crippen LogP contribution in [0.1, 0.15) is 35.2 Å². The van der Waals surface area contributed by atoms with Gasteiger partial charge < -0.3 is 10.0 Å². The number of carbonyl (C=O) groups is 1. The molecule has 3 nitrogen and oxygen atoms in total. The van der Waals surface area contributed by atoms with Crippen LogP contribution in [-0.2, 0) is 0 Å². The van der Waals surface area contributed by atoms with Crippen molar-refractivity contribution in [1.29, 1.82) is 0 Å². The number of benzene rings is 1. The third-order valence-corrected chi connectivity index (χ3v) is 3.38. The van der Waals surface area contributed by atoms with Crippen molar-refractivity contribution in [2.75, 3.05) is 7.05 Å². The third-order valence-electron chi connectivity index (χ3n) is 3.38. The van der Waals surface area contributed by atoms with Crippen LogP contribution in [-0.4, -0.2) is 29.0 Å². The van der Waals surface area contributed by atoms with Gasteiger partial charge in [0, 0.05) is 18.7 Å². The summed E-state index contributed by atoms with van der Waals surface area (Å²) in [6, 6.07) is 5.29. The number of carbonyl (C=O) groups excluding carboxylic acids is 1. The van der Waals surface area contributed by atoms with E-state index >= 15 is 0 Å². The molecule has 2 rings (SSSR count). The summed E-state index contributed by atoms with van der Waals surface area (Å²) in [6.45, 7) is 1.85. The lowest BCUT2D eigenvalue weighted by molar-refractivity contribution is 0.0651. The molecule has 0 atom stereocenters. The number of nitrogens with zero attached hydrogens (tertiary/aromatic N) is 1. The second-order valence-corrected chi connectivity index (χ2v) is 4.50. The molecule has 1 aliphatic rings. The molecule has 0 aliphatic heterocycles. The van der Waals surface area contributed by atoms with Crippen LogP contribution >= 0.6 is 0 Å². The van der Waals surface area contributed by atoms with Crippen LogP contribution in [0.5, 0.6) is 5.75 Å². The Hall–Kier alpha value is -1.51. The van der Waals surface area contributed by atoms with E-state index in [0.717, 1.165) is 18.4 Å². The Morgan fingerprint density at radius 1 is 1.44 bits per heavy atom. The van der Waals surface area contributed by atoms with Crippen molar-refractivity contribution in [3.05, 3.63) is 29.3 Å². The molecular formula is C13H17NO2. The average Bonchev–Trinajstić information content (AvgIpc) is 2.14. The van der Waals surface area contributed by atoms with Crippen molar-refractivity contribution < 1.29 is 9.90 Å². The van der Waals surface area contributed by atoms with Gasteiger partial charge in [0.25, 0.3) is 5.91 Å². The Morgan fingerprint density at radius 2 is 2.12 bits per heavy atom. The minimum atomic E-state index is 0.0576. The first-order valence-corrected chi connectivity index (χ1v) is 5.66. The molecule has 1 fully saturated rings. The summed E-state index contributed by atoms with van der Waals surface area (Å²) in [5, 5.41) is 9.30. The van der Waals surface area contributed by atoms with Crippen LogP contribution in [0.4, 0.5) is 0 Å². The number of amides is 1. The summed E-state index contributed by atoms with van der Waals surface area (Å²) >= 11 is 0. The van der Waals surface area contributed by atoms with E-state index in [0.29, 0.717) is 11.6 Å². The van der Waals surface area contributed by atoms with Gasteiger partial charge in [0.1, 0.15) is 5.75 Å². The second kappa shape index (κ2) is 4.16. The van der Waals surface area contributed by atoms with Gasteiger partial charge in [-0.25, -0.2) is 0 Å². The quantitative estimate of drug-likeness (QED) is 0.829. The largest absolute Gasteiger partial charge is 0.508 e. The van der Waals surface area contributed by atoms with E-state index in [2.05, 4.69) is 0 Å². The van der Waals surface area contributed by atoms with E-state index < -0.39 is 0 Å². The molecule has 86 valence electrons. The van der Waals surface area contributed by atoms with Crippen molar-refractivity contribution in [1.82, 2.24) is 4.90 Å². The Balaban J connectivity index is 2.19. The highest BCUT2D eigenvalue weighted by Crippen LogP contribution is 2.26. The zero-order valence-electron chi connectivity index (χ0n) is 9.73. The lowest BCUT2D eigenvalue weighted by Crippen LogP contribution is -2.41. The molecule has 1 aliphatic carbocycles. The van der Waals surface area contributed by atoms with Crippen molar-refractivity contribution in [3.63, 3.8) is 0 Å². The molecule has 1 aromatic carbocycles. The van der Waals surface area contributed by atoms with Gasteiger partial charge in [-0.2, -0.15) is 0 Å². The minimum absolute atomic E-state index is 0.0576. The van der Waals surface area contributed by atoms with Crippen molar-refractivity contribution in [3.8, 4) is 5.75 Å². The third kappa shape index (κ3) is 1.90. The Bertz CT molecular complexity index is 410. The van der Waals surface area contributed by atoms with Gasteiger partial charge in [-0.05, 0) is 49.9 Å². The second-order valence-electron chi connectivity index (χ2n) is 4.50. The molecule has 1 N–H and O–H groups in total. The molecule has 0 spiro atoms. The van der Waals surface area contributed by atoms with E-state index in [4.69, 9.17) is 0 Å². The van der Waals surface area contributed by atoms with Crippen LogP contribution in [0.2, 0.25) is 0 Å². The topological polar surface area (TPSA) is 40.5 Å². The normalized spacial score (nSPS) is 15.6. The first kappa shape index (κ1) is 11.0. The van der Waals surface area contributed by atoms with Gasteiger partial charge in [0.05, 0.1) is 0 Å². The predicted octanol–water partition coefficient (Wildman–Crippen LogP) is 2.33. The fourth-order valence-corrected chi connectivity index (χ4v) is 2.02. The van der Waals surface area contributed by atoms with Crippen LogP contribution in [0.15, 0.2) is 18.2 Å². The van der Waals surface area contributed by atoms with Crippen molar-refractivity contribution in [2.45, 2.75) is 32.2 Å². The fourth-order valence-electron chi connectivity index (χ4n) is 2.02. The summed E-state index contributed by atoms with van der Waals surface area (Å²) in [4.78, 5) is 14.0. The first-order chi connectivity index (χ1) is 7.59. The van der Waals surface area contributed by atoms with Gasteiger partial charge >= 0.3 is 0 Å². The molecule has 0 bridgehead atoms. The van der Waals surface area contributed by atoms with E-state index in [-0.39, 0.29) is 11.7 Å². The highest BCUT2D eigenvalue weighted by atomic mass is 16.3. The summed E-state index contributed by atoms with van der Waals surface area (Å²) in [5.74, 6) is 0.266. The summed E-state index contributed by atoms with van der Waals surface area (Å²) in [7, 11) is 1.86. The first-order valence-electron chi connectivity index (χ1n) is 5.66. The smallest absolute Gasteiger partial charge is 0.254 e. The zero-order chi connectivity index (χ0) is 11.7. The molecule has 0 aromatic heterocycles. The van der Waals surface area contributed by atoms with Crippen molar-refractivity contribution in [2.24, 2.45) is 0 Å². The Morgan fingerprint density at radius 3 is 2.62 bits per heavy atom. The monoisotopic (exact) mass is 219 g/mol. The average molecular weight is 219 g/mol. The standard InChI is InChI=1S/C13H17NO2/c1-9-8-11(15)6-7-12(9)13(16)14(2)10-4-3-5-10/h6-8,10,15H,3-5H2,1-2H3. The van der Waals surface area contributed by atoms with Gasteiger partial charge in [-0.3, -0.25) is 4.79 Å². The number of aryl methyl sites for hydroxylation is 1. The van der Waals surface area contributed by atoms with Crippen molar-refractivity contribution >= 4 is 5.91 Å². The lowest BCUT2D eigenvalue weighted by atomic mass is 9.91. The lowest BCUT2D eigenvalue weighted by Gasteiger charge is -2.35. The maximum absolute atomic E-state index is 12.2. The minimum Gasteiger partial charge on any atom is -0.508 e. The fraction of sp³-hybridized carbons (Fsp3) is 0.462. The van der Waals surface area contributed by atoms with Crippen LogP contribution in [0.3, 0.4) is 0 Å². The molecule has 0 unspecified atom stereocenters. The maximum atomic E-state index is 12.2. The molecule has 0 heterocycles. The number of phenols is 1. The van der Waals surface area contributed by atoms with E-state index in [1.54, 1.807) is 18.2 Å². The molecule has 0 radical (unpaired) electrons. The molecule has 0 saturated heterocycles. The molecule has 1 amide bonds. The summed E-state index contributed by atoms with van der Waals surface area (Å²) in [6.07, 6.45) is 3.44. The van der Waals surface area contributed by atoms with Crippen LogP contribution in [0, 0.1) is 6.92 Å². The maximum Gasteiger partial charge on any atom is 0.254 e. The number of phenolic OH excluding ortho intramolecular Hbond substituents is 1. The van der Waals surface area contributed by atoms with Gasteiger partial charge in [0.2, 0.25) is 0 Å². The van der Waals surface area contributed by atoms with Crippen LogP contribution < -0.4 is 0 Å². The Kier molecular flexibility index (Phi) is 2.86. The Labute approximate surface area is 95.7 Å². The van der Waals surface area contributed by atoms with Gasteiger partial charge in [-0.1, -0.05) is 0 Å². The van der Waals surface area contributed by atoms with Gasteiger partial charge in [-0.15, -0.1) is 0 Å². The summed E-state index contributed by atoms with van der Waals surface area (Å²) < 4.78 is 0. The van der Waals surface area contributed by atoms with E-state index in [1.807, 2.05) is 18.9 Å². The summed E-state index contributed by atoms with van der Waals surface area (Å²) in [5.41, 5.74) is 1.52. The zero-order valence-corrected chi connectivity index (χ0v) is 9.73. The van der Waals surface area contributed by atoms with E-state index in [1.165, 1.54) is 6.42 Å². The highest BCUT2D eigenvalue weighted by Gasteiger charge is 2.26. The highest BCUT2D eigenvalue weighted by molar-refractivity contribution is 5.95. The molecule has 16 heavy (non-hydrogen) atoms.